The monoisotopic (exact) mass is 222 g/mol. The summed E-state index contributed by atoms with van der Waals surface area (Å²) in [5, 5.41) is 3.67. The summed E-state index contributed by atoms with van der Waals surface area (Å²) in [5.74, 6) is 0.835. The second kappa shape index (κ2) is 3.52. The summed E-state index contributed by atoms with van der Waals surface area (Å²) in [6, 6.07) is 10.7. The summed E-state index contributed by atoms with van der Waals surface area (Å²) in [6.45, 7) is 6.10. The van der Waals surface area contributed by atoms with Gasteiger partial charge in [-0.15, -0.1) is 0 Å². The molecule has 0 aliphatic carbocycles. The first-order valence-electron chi connectivity index (χ1n) is 5.79. The molecule has 0 saturated carbocycles. The van der Waals surface area contributed by atoms with Crippen molar-refractivity contribution in [3.8, 4) is 0 Å². The Morgan fingerprint density at radius 1 is 0.882 bits per heavy atom. The molecule has 3 rings (SSSR count). The summed E-state index contributed by atoms with van der Waals surface area (Å²) in [5.41, 5.74) is 3.37. The highest BCUT2D eigenvalue weighted by molar-refractivity contribution is 6.07. The van der Waals surface area contributed by atoms with Gasteiger partial charge in [0.15, 0.2) is 0 Å². The molecule has 3 aromatic rings. The van der Waals surface area contributed by atoms with E-state index < -0.39 is 0 Å². The third-order valence-corrected chi connectivity index (χ3v) is 3.13. The SMILES string of the molecule is Cc1ccc2c(ccc3nc(C)nc(C)c32)c1. The fourth-order valence-electron chi connectivity index (χ4n) is 2.41. The summed E-state index contributed by atoms with van der Waals surface area (Å²) >= 11 is 0. The Bertz CT molecular complexity index is 730. The van der Waals surface area contributed by atoms with E-state index >= 15 is 0 Å². The standard InChI is InChI=1S/C15H14N2/c1-9-4-6-13-12(8-9)5-7-14-15(13)10(2)16-11(3)17-14/h4-8H,1-3H3. The lowest BCUT2D eigenvalue weighted by atomic mass is 10.0. The number of benzene rings is 2. The van der Waals surface area contributed by atoms with E-state index in [0.29, 0.717) is 0 Å². The molecule has 0 amide bonds. The molecule has 84 valence electrons. The van der Waals surface area contributed by atoms with Gasteiger partial charge in [0.05, 0.1) is 5.52 Å². The molecule has 0 fully saturated rings. The van der Waals surface area contributed by atoms with Gasteiger partial charge in [0.25, 0.3) is 0 Å². The number of fused-ring (bicyclic) bond motifs is 3. The highest BCUT2D eigenvalue weighted by Gasteiger charge is 2.06. The zero-order valence-corrected chi connectivity index (χ0v) is 10.3. The fraction of sp³-hybridized carbons (Fsp3) is 0.200. The van der Waals surface area contributed by atoms with Crippen LogP contribution >= 0.6 is 0 Å². The molecule has 2 heteroatoms. The molecule has 0 saturated heterocycles. The highest BCUT2D eigenvalue weighted by Crippen LogP contribution is 2.26. The summed E-state index contributed by atoms with van der Waals surface area (Å²) < 4.78 is 0. The molecule has 0 aliphatic heterocycles. The zero-order valence-electron chi connectivity index (χ0n) is 10.3. The van der Waals surface area contributed by atoms with Crippen LogP contribution in [-0.2, 0) is 0 Å². The van der Waals surface area contributed by atoms with Gasteiger partial charge in [-0.05, 0) is 37.6 Å². The molecule has 0 bridgehead atoms. The number of hydrogen-bond acceptors (Lipinski definition) is 2. The van der Waals surface area contributed by atoms with E-state index in [2.05, 4.69) is 54.1 Å². The van der Waals surface area contributed by atoms with E-state index in [4.69, 9.17) is 0 Å². The van der Waals surface area contributed by atoms with Gasteiger partial charge < -0.3 is 0 Å². The highest BCUT2D eigenvalue weighted by atomic mass is 14.9. The number of rotatable bonds is 0. The largest absolute Gasteiger partial charge is 0.238 e. The van der Waals surface area contributed by atoms with Gasteiger partial charge >= 0.3 is 0 Å². The smallest absolute Gasteiger partial charge is 0.126 e. The lowest BCUT2D eigenvalue weighted by Gasteiger charge is -2.07. The van der Waals surface area contributed by atoms with Crippen molar-refractivity contribution in [3.05, 3.63) is 47.4 Å². The van der Waals surface area contributed by atoms with Crippen LogP contribution in [0.4, 0.5) is 0 Å². The molecule has 1 aromatic heterocycles. The Labute approximate surface area is 100 Å². The van der Waals surface area contributed by atoms with E-state index in [1.54, 1.807) is 0 Å². The average molecular weight is 222 g/mol. The number of aryl methyl sites for hydroxylation is 3. The normalized spacial score (nSPS) is 11.2. The molecule has 0 radical (unpaired) electrons. The van der Waals surface area contributed by atoms with Crippen LogP contribution in [0.3, 0.4) is 0 Å². The van der Waals surface area contributed by atoms with E-state index in [0.717, 1.165) is 17.0 Å². The van der Waals surface area contributed by atoms with Crippen molar-refractivity contribution in [1.29, 1.82) is 0 Å². The topological polar surface area (TPSA) is 25.8 Å². The predicted molar refractivity (Wildman–Crippen MR) is 71.3 cm³/mol. The van der Waals surface area contributed by atoms with Crippen LogP contribution in [0.5, 0.6) is 0 Å². The maximum absolute atomic E-state index is 4.50. The predicted octanol–water partition coefficient (Wildman–Crippen LogP) is 3.71. The zero-order chi connectivity index (χ0) is 12.0. The van der Waals surface area contributed by atoms with Crippen LogP contribution < -0.4 is 0 Å². The van der Waals surface area contributed by atoms with Crippen LogP contribution in [0, 0.1) is 20.8 Å². The molecule has 0 aliphatic rings. The number of aromatic nitrogens is 2. The van der Waals surface area contributed by atoms with Gasteiger partial charge in [-0.3, -0.25) is 0 Å². The molecule has 0 N–H and O–H groups in total. The summed E-state index contributed by atoms with van der Waals surface area (Å²) in [7, 11) is 0. The lowest BCUT2D eigenvalue weighted by Crippen LogP contribution is -1.93. The quantitative estimate of drug-likeness (QED) is 0.542. The van der Waals surface area contributed by atoms with Crippen LogP contribution in [0.15, 0.2) is 30.3 Å². The van der Waals surface area contributed by atoms with Gasteiger partial charge in [0.2, 0.25) is 0 Å². The van der Waals surface area contributed by atoms with Gasteiger partial charge in [-0.2, -0.15) is 0 Å². The minimum atomic E-state index is 0.835. The van der Waals surface area contributed by atoms with Gasteiger partial charge in [0, 0.05) is 11.1 Å². The molecular weight excluding hydrogens is 208 g/mol. The second-order valence-electron chi connectivity index (χ2n) is 4.54. The first kappa shape index (κ1) is 10.2. The van der Waals surface area contributed by atoms with Crippen LogP contribution in [0.2, 0.25) is 0 Å². The maximum atomic E-state index is 4.50. The van der Waals surface area contributed by atoms with Crippen molar-refractivity contribution in [2.24, 2.45) is 0 Å². The molecular formula is C15H14N2. The minimum absolute atomic E-state index is 0.835. The van der Waals surface area contributed by atoms with Crippen molar-refractivity contribution in [2.75, 3.05) is 0 Å². The van der Waals surface area contributed by atoms with Gasteiger partial charge in [-0.1, -0.05) is 29.8 Å². The van der Waals surface area contributed by atoms with E-state index in [1.165, 1.54) is 21.7 Å². The minimum Gasteiger partial charge on any atom is -0.238 e. The Morgan fingerprint density at radius 2 is 1.71 bits per heavy atom. The molecule has 0 unspecified atom stereocenters. The van der Waals surface area contributed by atoms with Crippen LogP contribution in [0.25, 0.3) is 21.7 Å². The average Bonchev–Trinajstić information content (AvgIpc) is 2.28. The molecule has 2 aromatic carbocycles. The molecule has 0 atom stereocenters. The van der Waals surface area contributed by atoms with Gasteiger partial charge in [-0.25, -0.2) is 9.97 Å². The van der Waals surface area contributed by atoms with Crippen molar-refractivity contribution >= 4 is 21.7 Å². The molecule has 1 heterocycles. The van der Waals surface area contributed by atoms with Crippen molar-refractivity contribution in [2.45, 2.75) is 20.8 Å². The lowest BCUT2D eigenvalue weighted by molar-refractivity contribution is 1.05. The Hall–Kier alpha value is -1.96. The fourth-order valence-corrected chi connectivity index (χ4v) is 2.41. The van der Waals surface area contributed by atoms with Crippen LogP contribution in [-0.4, -0.2) is 9.97 Å². The van der Waals surface area contributed by atoms with E-state index in [1.807, 2.05) is 6.92 Å². The Balaban J connectivity index is 2.55. The van der Waals surface area contributed by atoms with E-state index in [-0.39, 0.29) is 0 Å². The third-order valence-electron chi connectivity index (χ3n) is 3.13. The molecule has 17 heavy (non-hydrogen) atoms. The van der Waals surface area contributed by atoms with Crippen molar-refractivity contribution < 1.29 is 0 Å². The Kier molecular flexibility index (Phi) is 2.11. The number of nitrogens with zero attached hydrogens (tertiary/aromatic N) is 2. The number of hydrogen-bond donors (Lipinski definition) is 0. The first-order valence-corrected chi connectivity index (χ1v) is 5.79. The maximum Gasteiger partial charge on any atom is 0.126 e. The van der Waals surface area contributed by atoms with Crippen molar-refractivity contribution in [3.63, 3.8) is 0 Å². The molecule has 0 spiro atoms. The van der Waals surface area contributed by atoms with Crippen LogP contribution in [0.1, 0.15) is 17.1 Å². The van der Waals surface area contributed by atoms with Crippen molar-refractivity contribution in [1.82, 2.24) is 9.97 Å². The Morgan fingerprint density at radius 3 is 2.53 bits per heavy atom. The van der Waals surface area contributed by atoms with E-state index in [9.17, 15) is 0 Å². The van der Waals surface area contributed by atoms with Gasteiger partial charge in [0.1, 0.15) is 5.82 Å². The summed E-state index contributed by atoms with van der Waals surface area (Å²) in [6.07, 6.45) is 0. The molecule has 2 nitrogen and oxygen atoms in total. The summed E-state index contributed by atoms with van der Waals surface area (Å²) in [4.78, 5) is 8.96. The second-order valence-corrected chi connectivity index (χ2v) is 4.54. The third kappa shape index (κ3) is 1.57. The first-order chi connectivity index (χ1) is 8.15.